The minimum atomic E-state index is -0.519. The Kier molecular flexibility index (Phi) is 4.00. The van der Waals surface area contributed by atoms with E-state index in [1.807, 2.05) is 18.2 Å². The Balaban J connectivity index is 2.10. The van der Waals surface area contributed by atoms with Crippen molar-refractivity contribution in [2.75, 3.05) is 0 Å². The van der Waals surface area contributed by atoms with Crippen LogP contribution in [0.4, 0.5) is 0 Å². The molecular formula is C15H21N3O. The van der Waals surface area contributed by atoms with Gasteiger partial charge in [-0.3, -0.25) is 0 Å². The van der Waals surface area contributed by atoms with Gasteiger partial charge in [-0.05, 0) is 30.4 Å². The maximum Gasteiger partial charge on any atom is 0.155 e. The van der Waals surface area contributed by atoms with Crippen LogP contribution in [0.15, 0.2) is 30.6 Å². The van der Waals surface area contributed by atoms with Crippen LogP contribution >= 0.6 is 0 Å². The zero-order valence-electron chi connectivity index (χ0n) is 11.7. The van der Waals surface area contributed by atoms with Crippen LogP contribution in [-0.2, 0) is 0 Å². The third-order valence-electron chi connectivity index (χ3n) is 3.02. The van der Waals surface area contributed by atoms with E-state index in [1.165, 1.54) is 0 Å². The zero-order valence-corrected chi connectivity index (χ0v) is 11.7. The van der Waals surface area contributed by atoms with Crippen molar-refractivity contribution in [2.24, 2.45) is 5.41 Å². The van der Waals surface area contributed by atoms with E-state index < -0.39 is 6.10 Å². The van der Waals surface area contributed by atoms with Crippen LogP contribution in [0, 0.1) is 5.41 Å². The van der Waals surface area contributed by atoms with Crippen molar-refractivity contribution in [3.05, 3.63) is 36.3 Å². The van der Waals surface area contributed by atoms with Crippen LogP contribution in [-0.4, -0.2) is 20.1 Å². The van der Waals surface area contributed by atoms with Crippen molar-refractivity contribution in [3.8, 4) is 11.5 Å². The van der Waals surface area contributed by atoms with Gasteiger partial charge in [-0.1, -0.05) is 26.8 Å². The zero-order chi connectivity index (χ0) is 13.9. The summed E-state index contributed by atoms with van der Waals surface area (Å²) in [6.07, 6.45) is 4.62. The number of aliphatic hydroxyl groups is 1. The van der Waals surface area contributed by atoms with Crippen molar-refractivity contribution in [1.82, 2.24) is 15.0 Å². The molecular weight excluding hydrogens is 238 g/mol. The molecule has 0 spiro atoms. The number of hydrogen-bond donors (Lipinski definition) is 2. The molecule has 0 aliphatic carbocycles. The van der Waals surface area contributed by atoms with E-state index in [4.69, 9.17) is 0 Å². The Labute approximate surface area is 113 Å². The molecule has 0 aromatic carbocycles. The van der Waals surface area contributed by atoms with Gasteiger partial charge in [0, 0.05) is 12.4 Å². The summed E-state index contributed by atoms with van der Waals surface area (Å²) in [6.45, 7) is 6.52. The smallest absolute Gasteiger partial charge is 0.155 e. The van der Waals surface area contributed by atoms with Crippen molar-refractivity contribution >= 4 is 0 Å². The lowest BCUT2D eigenvalue weighted by Crippen LogP contribution is -2.09. The molecule has 0 radical (unpaired) electrons. The lowest BCUT2D eigenvalue weighted by Gasteiger charge is -2.20. The van der Waals surface area contributed by atoms with Gasteiger partial charge in [-0.25, -0.2) is 9.97 Å². The molecule has 0 saturated carbocycles. The number of H-pyrrole nitrogens is 1. The lowest BCUT2D eigenvalue weighted by atomic mass is 9.89. The predicted molar refractivity (Wildman–Crippen MR) is 75.5 cm³/mol. The summed E-state index contributed by atoms with van der Waals surface area (Å²) in [4.78, 5) is 11.7. The monoisotopic (exact) mass is 259 g/mol. The van der Waals surface area contributed by atoms with Crippen LogP contribution in [0.25, 0.3) is 11.5 Å². The molecule has 0 aliphatic heterocycles. The number of nitrogens with one attached hydrogen (secondary N) is 1. The molecule has 0 unspecified atom stereocenters. The molecule has 0 bridgehead atoms. The van der Waals surface area contributed by atoms with Crippen LogP contribution in [0.5, 0.6) is 0 Å². The standard InChI is InChI=1S/C15H21N3O/c1-15(2,3)8-7-13(19)11-5-4-6-12(18-11)14-16-9-10-17-14/h4-6,9-10,13,19H,7-8H2,1-3H3,(H,16,17)/t13-/m0/s1. The van der Waals surface area contributed by atoms with Crippen molar-refractivity contribution < 1.29 is 5.11 Å². The highest BCUT2D eigenvalue weighted by atomic mass is 16.3. The van der Waals surface area contributed by atoms with Crippen molar-refractivity contribution in [3.63, 3.8) is 0 Å². The highest BCUT2D eigenvalue weighted by Crippen LogP contribution is 2.27. The first-order valence-corrected chi connectivity index (χ1v) is 6.60. The second kappa shape index (κ2) is 5.53. The summed E-state index contributed by atoms with van der Waals surface area (Å²) in [5.41, 5.74) is 1.69. The topological polar surface area (TPSA) is 61.8 Å². The van der Waals surface area contributed by atoms with Crippen LogP contribution < -0.4 is 0 Å². The first-order chi connectivity index (χ1) is 8.96. The van der Waals surface area contributed by atoms with E-state index in [0.29, 0.717) is 5.69 Å². The van der Waals surface area contributed by atoms with E-state index >= 15 is 0 Å². The Morgan fingerprint density at radius 2 is 2.11 bits per heavy atom. The number of aromatic nitrogens is 3. The average Bonchev–Trinajstić information content (AvgIpc) is 2.89. The first-order valence-electron chi connectivity index (χ1n) is 6.60. The minimum Gasteiger partial charge on any atom is -0.387 e. The molecule has 0 aliphatic rings. The number of aromatic amines is 1. The molecule has 2 aromatic heterocycles. The molecule has 2 N–H and O–H groups in total. The highest BCUT2D eigenvalue weighted by molar-refractivity contribution is 5.48. The average molecular weight is 259 g/mol. The van der Waals surface area contributed by atoms with Crippen LogP contribution in [0.1, 0.15) is 45.4 Å². The van der Waals surface area contributed by atoms with Gasteiger partial charge in [0.25, 0.3) is 0 Å². The summed E-state index contributed by atoms with van der Waals surface area (Å²) in [5.74, 6) is 0.727. The number of rotatable bonds is 4. The minimum absolute atomic E-state index is 0.222. The highest BCUT2D eigenvalue weighted by Gasteiger charge is 2.16. The second-order valence-corrected chi connectivity index (χ2v) is 6.00. The van der Waals surface area contributed by atoms with Gasteiger partial charge in [-0.15, -0.1) is 0 Å². The Morgan fingerprint density at radius 1 is 1.32 bits per heavy atom. The number of aliphatic hydroxyl groups excluding tert-OH is 1. The fourth-order valence-electron chi connectivity index (χ4n) is 1.89. The van der Waals surface area contributed by atoms with E-state index in [2.05, 4.69) is 35.7 Å². The van der Waals surface area contributed by atoms with Gasteiger partial charge in [0.2, 0.25) is 0 Å². The number of nitrogens with zero attached hydrogens (tertiary/aromatic N) is 2. The maximum atomic E-state index is 10.2. The number of pyridine rings is 1. The normalized spacial score (nSPS) is 13.5. The third kappa shape index (κ3) is 3.89. The molecule has 4 heteroatoms. The third-order valence-corrected chi connectivity index (χ3v) is 3.02. The molecule has 2 heterocycles. The second-order valence-electron chi connectivity index (χ2n) is 6.00. The number of imidazole rings is 1. The molecule has 2 aromatic rings. The Bertz CT molecular complexity index is 514. The van der Waals surface area contributed by atoms with Gasteiger partial charge in [0.15, 0.2) is 5.82 Å². The molecule has 2 rings (SSSR count). The van der Waals surface area contributed by atoms with E-state index in [0.717, 1.165) is 24.4 Å². The summed E-state index contributed by atoms with van der Waals surface area (Å²) in [7, 11) is 0. The largest absolute Gasteiger partial charge is 0.387 e. The molecule has 0 saturated heterocycles. The molecule has 4 nitrogen and oxygen atoms in total. The Morgan fingerprint density at radius 3 is 2.74 bits per heavy atom. The molecule has 0 amide bonds. The van der Waals surface area contributed by atoms with Gasteiger partial charge >= 0.3 is 0 Å². The van der Waals surface area contributed by atoms with Crippen LogP contribution in [0.2, 0.25) is 0 Å². The Hall–Kier alpha value is -1.68. The van der Waals surface area contributed by atoms with Crippen molar-refractivity contribution in [1.29, 1.82) is 0 Å². The molecule has 19 heavy (non-hydrogen) atoms. The first kappa shape index (κ1) is 13.7. The quantitative estimate of drug-likeness (QED) is 0.885. The lowest BCUT2D eigenvalue weighted by molar-refractivity contribution is 0.143. The summed E-state index contributed by atoms with van der Waals surface area (Å²) >= 11 is 0. The van der Waals surface area contributed by atoms with E-state index in [1.54, 1.807) is 12.4 Å². The van der Waals surface area contributed by atoms with Gasteiger partial charge in [-0.2, -0.15) is 0 Å². The van der Waals surface area contributed by atoms with E-state index in [9.17, 15) is 5.11 Å². The van der Waals surface area contributed by atoms with Gasteiger partial charge in [0.05, 0.1) is 11.8 Å². The maximum absolute atomic E-state index is 10.2. The molecule has 1 atom stereocenters. The fourth-order valence-corrected chi connectivity index (χ4v) is 1.89. The van der Waals surface area contributed by atoms with Gasteiger partial charge in [0.1, 0.15) is 5.69 Å². The summed E-state index contributed by atoms with van der Waals surface area (Å²) in [6, 6.07) is 5.65. The molecule has 0 fully saturated rings. The molecule has 102 valence electrons. The fraction of sp³-hybridized carbons (Fsp3) is 0.467. The van der Waals surface area contributed by atoms with Gasteiger partial charge < -0.3 is 10.1 Å². The van der Waals surface area contributed by atoms with E-state index in [-0.39, 0.29) is 5.41 Å². The number of hydrogen-bond acceptors (Lipinski definition) is 3. The predicted octanol–water partition coefficient (Wildman–Crippen LogP) is 3.33. The summed E-state index contributed by atoms with van der Waals surface area (Å²) in [5, 5.41) is 10.2. The van der Waals surface area contributed by atoms with Crippen molar-refractivity contribution in [2.45, 2.75) is 39.7 Å². The summed E-state index contributed by atoms with van der Waals surface area (Å²) < 4.78 is 0. The SMILES string of the molecule is CC(C)(C)CC[C@H](O)c1cccc(-c2ncc[nH]2)n1. The van der Waals surface area contributed by atoms with Crippen LogP contribution in [0.3, 0.4) is 0 Å².